The zero-order valence-corrected chi connectivity index (χ0v) is 7.08. The molecule has 1 aliphatic rings. The normalized spacial score (nSPS) is 16.1. The van der Waals surface area contributed by atoms with Crippen molar-refractivity contribution in [2.24, 2.45) is 0 Å². The van der Waals surface area contributed by atoms with Crippen molar-refractivity contribution in [2.45, 2.75) is 6.42 Å². The summed E-state index contributed by atoms with van der Waals surface area (Å²) < 4.78 is 0. The molecule has 0 aromatic heterocycles. The standard InChI is InChI=1S/C10H11NO/c1-11-7-6-10(12)8-4-2-3-5-9(8)11/h2-5H,6-7H2,1H3. The third-order valence-corrected chi connectivity index (χ3v) is 2.29. The largest absolute Gasteiger partial charge is 0.374 e. The van der Waals surface area contributed by atoms with Crippen LogP contribution in [-0.4, -0.2) is 19.4 Å². The molecule has 0 saturated heterocycles. The van der Waals surface area contributed by atoms with Crippen molar-refractivity contribution in [3.8, 4) is 0 Å². The number of hydrogen-bond donors (Lipinski definition) is 0. The molecule has 2 nitrogen and oxygen atoms in total. The zero-order chi connectivity index (χ0) is 8.55. The Hall–Kier alpha value is -1.31. The van der Waals surface area contributed by atoms with Crippen LogP contribution in [0.25, 0.3) is 0 Å². The first-order valence-corrected chi connectivity index (χ1v) is 4.12. The summed E-state index contributed by atoms with van der Waals surface area (Å²) in [7, 11) is 2.02. The predicted molar refractivity (Wildman–Crippen MR) is 48.7 cm³/mol. The molecule has 62 valence electrons. The van der Waals surface area contributed by atoms with E-state index in [4.69, 9.17) is 0 Å². The summed E-state index contributed by atoms with van der Waals surface area (Å²) in [4.78, 5) is 13.5. The van der Waals surface area contributed by atoms with Gasteiger partial charge in [0.2, 0.25) is 0 Å². The molecule has 0 N–H and O–H groups in total. The SMILES string of the molecule is CN1CCC(=O)c2ccccc21. The quantitative estimate of drug-likeness (QED) is 0.577. The van der Waals surface area contributed by atoms with Crippen molar-refractivity contribution in [3.63, 3.8) is 0 Å². The molecule has 1 heterocycles. The molecular formula is C10H11NO. The van der Waals surface area contributed by atoms with E-state index in [1.54, 1.807) is 0 Å². The summed E-state index contributed by atoms with van der Waals surface area (Å²) in [6, 6.07) is 7.77. The molecule has 0 fully saturated rings. The van der Waals surface area contributed by atoms with Crippen molar-refractivity contribution in [2.75, 3.05) is 18.5 Å². The lowest BCUT2D eigenvalue weighted by Crippen LogP contribution is -2.27. The molecule has 1 aromatic carbocycles. The number of carbonyl (C=O) groups is 1. The van der Waals surface area contributed by atoms with Gasteiger partial charge in [-0.15, -0.1) is 0 Å². The van der Waals surface area contributed by atoms with Crippen molar-refractivity contribution in [1.82, 2.24) is 0 Å². The monoisotopic (exact) mass is 161 g/mol. The van der Waals surface area contributed by atoms with Gasteiger partial charge in [0.15, 0.2) is 5.78 Å². The lowest BCUT2D eigenvalue weighted by atomic mass is 10.0. The smallest absolute Gasteiger partial charge is 0.166 e. The molecule has 0 amide bonds. The average molecular weight is 161 g/mol. The maximum Gasteiger partial charge on any atom is 0.166 e. The molecule has 0 bridgehead atoms. The molecule has 12 heavy (non-hydrogen) atoms. The molecule has 0 unspecified atom stereocenters. The maximum absolute atomic E-state index is 11.4. The van der Waals surface area contributed by atoms with Gasteiger partial charge in [-0.3, -0.25) is 4.79 Å². The fraction of sp³-hybridized carbons (Fsp3) is 0.300. The van der Waals surface area contributed by atoms with E-state index in [0.717, 1.165) is 17.8 Å². The number of fused-ring (bicyclic) bond motifs is 1. The maximum atomic E-state index is 11.4. The van der Waals surface area contributed by atoms with E-state index < -0.39 is 0 Å². The van der Waals surface area contributed by atoms with E-state index in [-0.39, 0.29) is 5.78 Å². The molecule has 1 aromatic rings. The molecule has 0 aliphatic carbocycles. The van der Waals surface area contributed by atoms with Crippen molar-refractivity contribution < 1.29 is 4.79 Å². The van der Waals surface area contributed by atoms with Crippen LogP contribution in [0.1, 0.15) is 16.8 Å². The number of hydrogen-bond acceptors (Lipinski definition) is 2. The minimum atomic E-state index is 0.267. The Bertz CT molecular complexity index is 319. The summed E-state index contributed by atoms with van der Waals surface area (Å²) >= 11 is 0. The Morgan fingerprint density at radius 3 is 2.83 bits per heavy atom. The van der Waals surface area contributed by atoms with E-state index in [0.29, 0.717) is 6.42 Å². The number of nitrogens with zero attached hydrogens (tertiary/aromatic N) is 1. The highest BCUT2D eigenvalue weighted by atomic mass is 16.1. The number of carbonyl (C=O) groups excluding carboxylic acids is 1. The Morgan fingerprint density at radius 2 is 2.08 bits per heavy atom. The van der Waals surface area contributed by atoms with E-state index >= 15 is 0 Å². The van der Waals surface area contributed by atoms with Gasteiger partial charge in [-0.05, 0) is 12.1 Å². The van der Waals surface area contributed by atoms with Crippen LogP contribution in [0.5, 0.6) is 0 Å². The fourth-order valence-corrected chi connectivity index (χ4v) is 1.57. The summed E-state index contributed by atoms with van der Waals surface area (Å²) in [5.41, 5.74) is 1.93. The van der Waals surface area contributed by atoms with Crippen LogP contribution in [0.4, 0.5) is 5.69 Å². The van der Waals surface area contributed by atoms with E-state index in [1.807, 2.05) is 31.3 Å². The molecule has 0 saturated carbocycles. The lowest BCUT2D eigenvalue weighted by Gasteiger charge is -2.26. The molecule has 0 spiro atoms. The highest BCUT2D eigenvalue weighted by Crippen LogP contribution is 2.24. The Morgan fingerprint density at radius 1 is 1.33 bits per heavy atom. The van der Waals surface area contributed by atoms with Crippen molar-refractivity contribution >= 4 is 11.5 Å². The zero-order valence-electron chi connectivity index (χ0n) is 7.08. The second-order valence-corrected chi connectivity index (χ2v) is 3.11. The van der Waals surface area contributed by atoms with Gasteiger partial charge < -0.3 is 4.90 Å². The van der Waals surface area contributed by atoms with Gasteiger partial charge in [-0.25, -0.2) is 0 Å². The highest BCUT2D eigenvalue weighted by molar-refractivity contribution is 6.03. The fourth-order valence-electron chi connectivity index (χ4n) is 1.57. The first-order chi connectivity index (χ1) is 5.79. The lowest BCUT2D eigenvalue weighted by molar-refractivity contribution is 0.0980. The number of para-hydroxylation sites is 1. The second-order valence-electron chi connectivity index (χ2n) is 3.11. The molecule has 2 rings (SSSR count). The Kier molecular flexibility index (Phi) is 1.61. The van der Waals surface area contributed by atoms with Crippen LogP contribution >= 0.6 is 0 Å². The minimum absolute atomic E-state index is 0.267. The first-order valence-electron chi connectivity index (χ1n) is 4.12. The molecule has 1 aliphatic heterocycles. The number of ketones is 1. The number of Topliss-reactive ketones (excluding diaryl/α,β-unsaturated/α-hetero) is 1. The second kappa shape index (κ2) is 2.63. The van der Waals surface area contributed by atoms with Crippen LogP contribution in [0.2, 0.25) is 0 Å². The van der Waals surface area contributed by atoms with Crippen molar-refractivity contribution in [1.29, 1.82) is 0 Å². The number of anilines is 1. The topological polar surface area (TPSA) is 20.3 Å². The first kappa shape index (κ1) is 7.35. The third-order valence-electron chi connectivity index (χ3n) is 2.29. The van der Waals surface area contributed by atoms with Gasteiger partial charge >= 0.3 is 0 Å². The summed E-state index contributed by atoms with van der Waals surface area (Å²) in [5, 5.41) is 0. The Labute approximate surface area is 71.8 Å². The van der Waals surface area contributed by atoms with E-state index in [1.165, 1.54) is 0 Å². The van der Waals surface area contributed by atoms with Crippen LogP contribution in [0, 0.1) is 0 Å². The van der Waals surface area contributed by atoms with Crippen LogP contribution in [-0.2, 0) is 0 Å². The van der Waals surface area contributed by atoms with Crippen LogP contribution in [0.15, 0.2) is 24.3 Å². The Balaban J connectivity index is 2.55. The molecular weight excluding hydrogens is 150 g/mol. The van der Waals surface area contributed by atoms with Gasteiger partial charge in [0.25, 0.3) is 0 Å². The van der Waals surface area contributed by atoms with Crippen LogP contribution < -0.4 is 4.90 Å². The minimum Gasteiger partial charge on any atom is -0.374 e. The van der Waals surface area contributed by atoms with Crippen molar-refractivity contribution in [3.05, 3.63) is 29.8 Å². The summed E-state index contributed by atoms with van der Waals surface area (Å²) in [5.74, 6) is 0.267. The molecule has 2 heteroatoms. The molecule has 0 atom stereocenters. The van der Waals surface area contributed by atoms with E-state index in [2.05, 4.69) is 4.90 Å². The number of benzene rings is 1. The van der Waals surface area contributed by atoms with Gasteiger partial charge in [-0.2, -0.15) is 0 Å². The van der Waals surface area contributed by atoms with Gasteiger partial charge in [0.05, 0.1) is 0 Å². The van der Waals surface area contributed by atoms with Gasteiger partial charge in [0.1, 0.15) is 0 Å². The highest BCUT2D eigenvalue weighted by Gasteiger charge is 2.18. The van der Waals surface area contributed by atoms with Crippen LogP contribution in [0.3, 0.4) is 0 Å². The average Bonchev–Trinajstić information content (AvgIpc) is 2.12. The summed E-state index contributed by atoms with van der Waals surface area (Å²) in [6.07, 6.45) is 0.646. The summed E-state index contributed by atoms with van der Waals surface area (Å²) in [6.45, 7) is 0.843. The third kappa shape index (κ3) is 0.998. The van der Waals surface area contributed by atoms with Gasteiger partial charge in [0, 0.05) is 31.3 Å². The van der Waals surface area contributed by atoms with E-state index in [9.17, 15) is 4.79 Å². The van der Waals surface area contributed by atoms with Gasteiger partial charge in [-0.1, -0.05) is 12.1 Å². The predicted octanol–water partition coefficient (Wildman–Crippen LogP) is 1.71. The molecule has 0 radical (unpaired) electrons. The number of rotatable bonds is 0.